The van der Waals surface area contributed by atoms with Crippen molar-refractivity contribution < 1.29 is 4.74 Å². The smallest absolute Gasteiger partial charge is 0.124 e. The SMILES string of the molecule is Cl/C=C1/CCC(c2ccccc2)O1. The Morgan fingerprint density at radius 1 is 1.31 bits per heavy atom. The van der Waals surface area contributed by atoms with Crippen LogP contribution in [-0.4, -0.2) is 0 Å². The lowest BCUT2D eigenvalue weighted by Crippen LogP contribution is -1.93. The van der Waals surface area contributed by atoms with E-state index in [2.05, 4.69) is 12.1 Å². The van der Waals surface area contributed by atoms with Gasteiger partial charge in [0.05, 0.1) is 0 Å². The van der Waals surface area contributed by atoms with Crippen molar-refractivity contribution in [2.24, 2.45) is 0 Å². The lowest BCUT2D eigenvalue weighted by atomic mass is 10.1. The average molecular weight is 195 g/mol. The highest BCUT2D eigenvalue weighted by atomic mass is 35.5. The van der Waals surface area contributed by atoms with Gasteiger partial charge in [-0.2, -0.15) is 0 Å². The zero-order valence-corrected chi connectivity index (χ0v) is 8.00. The normalized spacial score (nSPS) is 24.7. The van der Waals surface area contributed by atoms with Crippen LogP contribution < -0.4 is 0 Å². The summed E-state index contributed by atoms with van der Waals surface area (Å²) >= 11 is 5.57. The maximum absolute atomic E-state index is 5.63. The van der Waals surface area contributed by atoms with Gasteiger partial charge in [-0.3, -0.25) is 0 Å². The second kappa shape index (κ2) is 3.84. The van der Waals surface area contributed by atoms with E-state index in [1.54, 1.807) is 0 Å². The molecule has 1 nitrogen and oxygen atoms in total. The number of allylic oxidation sites excluding steroid dienone is 1. The van der Waals surface area contributed by atoms with Gasteiger partial charge in [-0.15, -0.1) is 0 Å². The summed E-state index contributed by atoms with van der Waals surface area (Å²) in [6.07, 6.45) is 2.18. The summed E-state index contributed by atoms with van der Waals surface area (Å²) in [4.78, 5) is 0. The molecule has 1 fully saturated rings. The summed E-state index contributed by atoms with van der Waals surface area (Å²) in [5, 5.41) is 0. The number of rotatable bonds is 1. The second-order valence-corrected chi connectivity index (χ2v) is 3.35. The molecule has 1 aliphatic rings. The molecular weight excluding hydrogens is 184 g/mol. The van der Waals surface area contributed by atoms with Crippen LogP contribution in [0.3, 0.4) is 0 Å². The van der Waals surface area contributed by atoms with E-state index in [1.165, 1.54) is 11.1 Å². The zero-order valence-electron chi connectivity index (χ0n) is 7.24. The zero-order chi connectivity index (χ0) is 9.10. The molecule has 0 radical (unpaired) electrons. The third kappa shape index (κ3) is 1.86. The Kier molecular flexibility index (Phi) is 2.55. The van der Waals surface area contributed by atoms with E-state index in [9.17, 15) is 0 Å². The van der Waals surface area contributed by atoms with Gasteiger partial charge in [-0.05, 0) is 12.0 Å². The van der Waals surface area contributed by atoms with Crippen LogP contribution in [0.2, 0.25) is 0 Å². The summed E-state index contributed by atoms with van der Waals surface area (Å²) in [6.45, 7) is 0. The third-order valence-corrected chi connectivity index (χ3v) is 2.48. The molecule has 0 N–H and O–H groups in total. The predicted octanol–water partition coefficient (Wildman–Crippen LogP) is 3.62. The number of hydrogen-bond acceptors (Lipinski definition) is 1. The molecule has 68 valence electrons. The van der Waals surface area contributed by atoms with Crippen molar-refractivity contribution in [2.45, 2.75) is 18.9 Å². The first-order chi connectivity index (χ1) is 6.40. The van der Waals surface area contributed by atoms with Gasteiger partial charge in [0.25, 0.3) is 0 Å². The summed E-state index contributed by atoms with van der Waals surface area (Å²) in [5.74, 6) is 0.899. The van der Waals surface area contributed by atoms with Crippen LogP contribution >= 0.6 is 11.6 Å². The van der Waals surface area contributed by atoms with Crippen LogP contribution in [0.15, 0.2) is 41.6 Å². The van der Waals surface area contributed by atoms with Gasteiger partial charge >= 0.3 is 0 Å². The van der Waals surface area contributed by atoms with E-state index >= 15 is 0 Å². The Hall–Kier alpha value is -0.950. The standard InChI is InChI=1S/C11H11ClO/c12-8-10-6-7-11(13-10)9-4-2-1-3-5-9/h1-5,8,11H,6-7H2/b10-8-. The molecule has 2 heteroatoms. The van der Waals surface area contributed by atoms with Gasteiger partial charge < -0.3 is 4.74 Å². The van der Waals surface area contributed by atoms with E-state index in [0.29, 0.717) is 0 Å². The topological polar surface area (TPSA) is 9.23 Å². The minimum Gasteiger partial charge on any atom is -0.489 e. The third-order valence-electron chi connectivity index (χ3n) is 2.24. The maximum atomic E-state index is 5.63. The Balaban J connectivity index is 2.13. The Morgan fingerprint density at radius 2 is 2.08 bits per heavy atom. The van der Waals surface area contributed by atoms with E-state index in [4.69, 9.17) is 16.3 Å². The molecule has 0 amide bonds. The predicted molar refractivity (Wildman–Crippen MR) is 53.4 cm³/mol. The second-order valence-electron chi connectivity index (χ2n) is 3.13. The number of ether oxygens (including phenoxy) is 1. The first-order valence-corrected chi connectivity index (χ1v) is 4.84. The fraction of sp³-hybridized carbons (Fsp3) is 0.273. The molecule has 1 saturated heterocycles. The van der Waals surface area contributed by atoms with E-state index in [0.717, 1.165) is 18.6 Å². The fourth-order valence-electron chi connectivity index (χ4n) is 1.56. The Labute approximate surface area is 83.0 Å². The molecule has 0 spiro atoms. The van der Waals surface area contributed by atoms with Crippen LogP contribution in [0, 0.1) is 0 Å². The molecule has 0 aromatic heterocycles. The van der Waals surface area contributed by atoms with Crippen molar-refractivity contribution in [3.63, 3.8) is 0 Å². The average Bonchev–Trinajstić information content (AvgIpc) is 2.67. The lowest BCUT2D eigenvalue weighted by Gasteiger charge is -2.09. The Bertz CT molecular complexity index is 305. The van der Waals surface area contributed by atoms with Crippen molar-refractivity contribution in [3.05, 3.63) is 47.2 Å². The molecule has 1 heterocycles. The first kappa shape index (κ1) is 8.64. The van der Waals surface area contributed by atoms with E-state index in [-0.39, 0.29) is 6.10 Å². The van der Waals surface area contributed by atoms with E-state index < -0.39 is 0 Å². The van der Waals surface area contributed by atoms with Gasteiger partial charge in [0.2, 0.25) is 0 Å². The monoisotopic (exact) mass is 194 g/mol. The van der Waals surface area contributed by atoms with E-state index in [1.807, 2.05) is 18.2 Å². The highest BCUT2D eigenvalue weighted by Gasteiger charge is 2.21. The van der Waals surface area contributed by atoms with Crippen LogP contribution in [0.25, 0.3) is 0 Å². The summed E-state index contributed by atoms with van der Waals surface area (Å²) in [5.41, 5.74) is 2.76. The number of hydrogen-bond donors (Lipinski definition) is 0. The van der Waals surface area contributed by atoms with Gasteiger partial charge in [0, 0.05) is 12.0 Å². The summed E-state index contributed by atoms with van der Waals surface area (Å²) in [7, 11) is 0. The van der Waals surface area contributed by atoms with Crippen molar-refractivity contribution in [1.82, 2.24) is 0 Å². The molecule has 1 unspecified atom stereocenters. The minimum atomic E-state index is 0.200. The molecule has 2 rings (SSSR count). The van der Waals surface area contributed by atoms with Gasteiger partial charge in [0.15, 0.2) is 0 Å². The maximum Gasteiger partial charge on any atom is 0.124 e. The van der Waals surface area contributed by atoms with Gasteiger partial charge in [0.1, 0.15) is 11.9 Å². The van der Waals surface area contributed by atoms with Crippen LogP contribution in [0.4, 0.5) is 0 Å². The number of benzene rings is 1. The molecule has 0 bridgehead atoms. The fourth-order valence-corrected chi connectivity index (χ4v) is 1.72. The molecule has 0 aliphatic carbocycles. The molecule has 1 atom stereocenters. The van der Waals surface area contributed by atoms with Gasteiger partial charge in [-0.25, -0.2) is 0 Å². The largest absolute Gasteiger partial charge is 0.489 e. The first-order valence-electron chi connectivity index (χ1n) is 4.41. The minimum absolute atomic E-state index is 0.200. The van der Waals surface area contributed by atoms with Crippen molar-refractivity contribution in [1.29, 1.82) is 0 Å². The number of halogens is 1. The molecule has 0 saturated carbocycles. The van der Waals surface area contributed by atoms with Crippen molar-refractivity contribution in [3.8, 4) is 0 Å². The lowest BCUT2D eigenvalue weighted by molar-refractivity contribution is 0.163. The van der Waals surface area contributed by atoms with Crippen LogP contribution in [0.1, 0.15) is 24.5 Å². The highest BCUT2D eigenvalue weighted by Crippen LogP contribution is 2.34. The summed E-state index contributed by atoms with van der Waals surface area (Å²) < 4.78 is 5.63. The molecule has 1 aromatic carbocycles. The van der Waals surface area contributed by atoms with Crippen LogP contribution in [-0.2, 0) is 4.74 Å². The Morgan fingerprint density at radius 3 is 2.69 bits per heavy atom. The molecule has 13 heavy (non-hydrogen) atoms. The van der Waals surface area contributed by atoms with Crippen molar-refractivity contribution >= 4 is 11.6 Å². The molecule has 1 aromatic rings. The summed E-state index contributed by atoms with van der Waals surface area (Å²) in [6, 6.07) is 10.2. The van der Waals surface area contributed by atoms with Crippen LogP contribution in [0.5, 0.6) is 0 Å². The quantitative estimate of drug-likeness (QED) is 0.664. The molecular formula is C11H11ClO. The van der Waals surface area contributed by atoms with Gasteiger partial charge in [-0.1, -0.05) is 41.9 Å². The highest BCUT2D eigenvalue weighted by molar-refractivity contribution is 6.25. The molecule has 1 aliphatic heterocycles. The van der Waals surface area contributed by atoms with Crippen molar-refractivity contribution in [2.75, 3.05) is 0 Å².